The minimum atomic E-state index is -0.884. The molecule has 6 heteroatoms. The zero-order valence-electron chi connectivity index (χ0n) is 12.4. The average molecular weight is 321 g/mol. The van der Waals surface area contributed by atoms with Crippen LogP contribution in [0.1, 0.15) is 23.0 Å². The van der Waals surface area contributed by atoms with Crippen LogP contribution in [0.4, 0.5) is 0 Å². The summed E-state index contributed by atoms with van der Waals surface area (Å²) in [5.74, 6) is -0.907. The van der Waals surface area contributed by atoms with Gasteiger partial charge in [-0.2, -0.15) is 0 Å². The fourth-order valence-corrected chi connectivity index (χ4v) is 2.12. The van der Waals surface area contributed by atoms with Crippen LogP contribution in [0.25, 0.3) is 0 Å². The van der Waals surface area contributed by atoms with Crippen LogP contribution in [-0.2, 0) is 23.1 Å². The highest BCUT2D eigenvalue weighted by Crippen LogP contribution is 2.14. The number of benzene rings is 1. The molecular weight excluding hydrogens is 304 g/mol. The molecule has 1 atom stereocenters. The van der Waals surface area contributed by atoms with Gasteiger partial charge in [-0.1, -0.05) is 29.8 Å². The zero-order chi connectivity index (χ0) is 16.1. The summed E-state index contributed by atoms with van der Waals surface area (Å²) in [5, 5.41) is 3.28. The van der Waals surface area contributed by atoms with Crippen molar-refractivity contribution < 1.29 is 14.3 Å². The first kappa shape index (κ1) is 16.1. The van der Waals surface area contributed by atoms with Gasteiger partial charge >= 0.3 is 5.97 Å². The molecule has 0 aliphatic carbocycles. The van der Waals surface area contributed by atoms with Gasteiger partial charge in [0.15, 0.2) is 6.10 Å². The summed E-state index contributed by atoms with van der Waals surface area (Å²) in [7, 11) is 1.73. The second-order valence-corrected chi connectivity index (χ2v) is 5.27. The Morgan fingerprint density at radius 3 is 2.64 bits per heavy atom. The molecule has 2 aromatic rings. The monoisotopic (exact) mass is 320 g/mol. The first-order valence-electron chi connectivity index (χ1n) is 6.82. The molecule has 22 heavy (non-hydrogen) atoms. The molecule has 0 aliphatic heterocycles. The van der Waals surface area contributed by atoms with E-state index in [1.165, 1.54) is 6.92 Å². The molecule has 0 bridgehead atoms. The molecular formula is C16H17ClN2O3. The Kier molecular flexibility index (Phi) is 5.22. The third-order valence-corrected chi connectivity index (χ3v) is 3.59. The molecule has 1 aromatic heterocycles. The van der Waals surface area contributed by atoms with Crippen molar-refractivity contribution in [3.63, 3.8) is 0 Å². The van der Waals surface area contributed by atoms with E-state index < -0.39 is 12.1 Å². The lowest BCUT2D eigenvalue weighted by atomic mass is 10.2. The highest BCUT2D eigenvalue weighted by molar-refractivity contribution is 6.31. The van der Waals surface area contributed by atoms with Crippen LogP contribution in [0.3, 0.4) is 0 Å². The Hall–Kier alpha value is -2.27. The number of hydrogen-bond acceptors (Lipinski definition) is 3. The van der Waals surface area contributed by atoms with E-state index in [9.17, 15) is 9.59 Å². The molecule has 1 heterocycles. The first-order valence-corrected chi connectivity index (χ1v) is 7.20. The lowest BCUT2D eigenvalue weighted by Crippen LogP contribution is -2.35. The van der Waals surface area contributed by atoms with E-state index in [1.54, 1.807) is 36.0 Å². The molecule has 116 valence electrons. The van der Waals surface area contributed by atoms with Crippen LogP contribution < -0.4 is 5.32 Å². The maximum atomic E-state index is 12.0. The van der Waals surface area contributed by atoms with E-state index in [0.29, 0.717) is 10.7 Å². The van der Waals surface area contributed by atoms with Crippen LogP contribution in [0.2, 0.25) is 5.02 Å². The molecule has 0 radical (unpaired) electrons. The van der Waals surface area contributed by atoms with E-state index in [2.05, 4.69) is 5.32 Å². The molecule has 0 saturated heterocycles. The van der Waals surface area contributed by atoms with Gasteiger partial charge in [0.05, 0.1) is 0 Å². The van der Waals surface area contributed by atoms with Crippen LogP contribution in [-0.4, -0.2) is 22.5 Å². The van der Waals surface area contributed by atoms with Crippen LogP contribution in [0, 0.1) is 0 Å². The largest absolute Gasteiger partial charge is 0.448 e. The second kappa shape index (κ2) is 7.13. The molecule has 5 nitrogen and oxygen atoms in total. The van der Waals surface area contributed by atoms with Gasteiger partial charge in [-0.25, -0.2) is 4.79 Å². The van der Waals surface area contributed by atoms with E-state index in [-0.39, 0.29) is 12.5 Å². The Bertz CT molecular complexity index is 682. The zero-order valence-corrected chi connectivity index (χ0v) is 13.1. The summed E-state index contributed by atoms with van der Waals surface area (Å²) in [4.78, 5) is 23.9. The number of esters is 1. The second-order valence-electron chi connectivity index (χ2n) is 4.86. The number of hydrogen-bond donors (Lipinski definition) is 1. The number of nitrogens with zero attached hydrogens (tertiary/aromatic N) is 1. The average Bonchev–Trinajstić information content (AvgIpc) is 2.92. The van der Waals surface area contributed by atoms with Gasteiger partial charge in [-0.3, -0.25) is 4.79 Å². The SMILES string of the molecule is C[C@@H](OC(=O)c1cccn1C)C(=O)NCc1ccccc1Cl. The lowest BCUT2D eigenvalue weighted by molar-refractivity contribution is -0.129. The summed E-state index contributed by atoms with van der Waals surface area (Å²) >= 11 is 6.02. The summed E-state index contributed by atoms with van der Waals surface area (Å²) in [6, 6.07) is 10.6. The predicted molar refractivity (Wildman–Crippen MR) is 83.6 cm³/mol. The standard InChI is InChI=1S/C16H17ClN2O3/c1-11(22-16(21)14-8-5-9-19(14)2)15(20)18-10-12-6-3-4-7-13(12)17/h3-9,11H,10H2,1-2H3,(H,18,20)/t11-/m1/s1. The van der Waals surface area contributed by atoms with Crippen molar-refractivity contribution in [1.82, 2.24) is 9.88 Å². The van der Waals surface area contributed by atoms with Gasteiger partial charge in [0, 0.05) is 24.8 Å². The van der Waals surface area contributed by atoms with Gasteiger partial charge in [0.1, 0.15) is 5.69 Å². The molecule has 1 aromatic carbocycles. The molecule has 1 amide bonds. The Balaban J connectivity index is 1.89. The number of aromatic nitrogens is 1. The Labute approximate surface area is 133 Å². The highest BCUT2D eigenvalue weighted by Gasteiger charge is 2.20. The Morgan fingerprint density at radius 1 is 1.27 bits per heavy atom. The van der Waals surface area contributed by atoms with E-state index in [4.69, 9.17) is 16.3 Å². The molecule has 1 N–H and O–H groups in total. The quantitative estimate of drug-likeness (QED) is 0.861. The van der Waals surface area contributed by atoms with Gasteiger partial charge < -0.3 is 14.6 Å². The molecule has 2 rings (SSSR count). The van der Waals surface area contributed by atoms with E-state index >= 15 is 0 Å². The molecule has 0 aliphatic rings. The van der Waals surface area contributed by atoms with Gasteiger partial charge in [-0.05, 0) is 30.7 Å². The molecule has 0 fully saturated rings. The van der Waals surface area contributed by atoms with Crippen LogP contribution in [0.15, 0.2) is 42.6 Å². The van der Waals surface area contributed by atoms with Crippen LogP contribution >= 0.6 is 11.6 Å². The van der Waals surface area contributed by atoms with Gasteiger partial charge in [0.2, 0.25) is 0 Å². The number of nitrogens with one attached hydrogen (secondary N) is 1. The maximum Gasteiger partial charge on any atom is 0.355 e. The minimum Gasteiger partial charge on any atom is -0.448 e. The smallest absolute Gasteiger partial charge is 0.355 e. The fourth-order valence-electron chi connectivity index (χ4n) is 1.92. The fraction of sp³-hybridized carbons (Fsp3) is 0.250. The van der Waals surface area contributed by atoms with E-state index in [0.717, 1.165) is 5.56 Å². The molecule has 0 spiro atoms. The number of aryl methyl sites for hydroxylation is 1. The normalized spacial score (nSPS) is 11.8. The number of carbonyl (C=O) groups excluding carboxylic acids is 2. The summed E-state index contributed by atoms with van der Waals surface area (Å²) in [6.07, 6.45) is 0.850. The van der Waals surface area contributed by atoms with E-state index in [1.807, 2.05) is 18.2 Å². The van der Waals surface area contributed by atoms with Crippen molar-refractivity contribution in [1.29, 1.82) is 0 Å². The molecule has 0 saturated carbocycles. The molecule has 0 unspecified atom stereocenters. The maximum absolute atomic E-state index is 12.0. The van der Waals surface area contributed by atoms with Crippen molar-refractivity contribution >= 4 is 23.5 Å². The van der Waals surface area contributed by atoms with Crippen molar-refractivity contribution in [2.45, 2.75) is 19.6 Å². The lowest BCUT2D eigenvalue weighted by Gasteiger charge is -2.14. The number of rotatable bonds is 5. The third kappa shape index (κ3) is 3.89. The van der Waals surface area contributed by atoms with Gasteiger partial charge in [0.25, 0.3) is 5.91 Å². The first-order chi connectivity index (χ1) is 10.5. The van der Waals surface area contributed by atoms with Crippen LogP contribution in [0.5, 0.6) is 0 Å². The number of halogens is 1. The van der Waals surface area contributed by atoms with Crippen molar-refractivity contribution in [3.05, 3.63) is 58.9 Å². The highest BCUT2D eigenvalue weighted by atomic mass is 35.5. The predicted octanol–water partition coefficient (Wildman–Crippen LogP) is 2.54. The van der Waals surface area contributed by atoms with Crippen molar-refractivity contribution in [2.75, 3.05) is 0 Å². The van der Waals surface area contributed by atoms with Crippen molar-refractivity contribution in [3.8, 4) is 0 Å². The summed E-state index contributed by atoms with van der Waals surface area (Å²) in [6.45, 7) is 1.81. The summed E-state index contributed by atoms with van der Waals surface area (Å²) in [5.41, 5.74) is 1.20. The van der Waals surface area contributed by atoms with Gasteiger partial charge in [-0.15, -0.1) is 0 Å². The van der Waals surface area contributed by atoms with Crippen molar-refractivity contribution in [2.24, 2.45) is 7.05 Å². The Morgan fingerprint density at radius 2 is 2.00 bits per heavy atom. The number of ether oxygens (including phenoxy) is 1. The minimum absolute atomic E-state index is 0.282. The number of amides is 1. The number of carbonyl (C=O) groups is 2. The topological polar surface area (TPSA) is 60.3 Å². The summed E-state index contributed by atoms with van der Waals surface area (Å²) < 4.78 is 6.79. The third-order valence-electron chi connectivity index (χ3n) is 3.22.